The van der Waals surface area contributed by atoms with Gasteiger partial charge in [0.25, 0.3) is 5.91 Å². The molecule has 2 aromatic carbocycles. The van der Waals surface area contributed by atoms with Crippen molar-refractivity contribution in [1.82, 2.24) is 20.0 Å². The maximum absolute atomic E-state index is 13.3. The number of nitrogens with zero attached hydrogens (tertiary/aromatic N) is 3. The highest BCUT2D eigenvalue weighted by molar-refractivity contribution is 6.10. The fourth-order valence-corrected chi connectivity index (χ4v) is 5.10. The molecule has 36 heavy (non-hydrogen) atoms. The minimum atomic E-state index is -1.27. The largest absolute Gasteiger partial charge is 0.497 e. The normalized spacial score (nSPS) is 21.2. The van der Waals surface area contributed by atoms with Crippen LogP contribution in [0.5, 0.6) is 5.75 Å². The molecule has 1 fully saturated rings. The van der Waals surface area contributed by atoms with E-state index in [1.165, 1.54) is 11.1 Å². The number of hydrogen-bond acceptors (Lipinski definition) is 5. The highest BCUT2D eigenvalue weighted by atomic mass is 16.5. The molecule has 1 saturated heterocycles. The fraction of sp³-hybridized carbons (Fsp3) is 0.333. The molecule has 3 aromatic rings. The van der Waals surface area contributed by atoms with Gasteiger partial charge < -0.3 is 15.4 Å². The maximum Gasteiger partial charge on any atom is 0.325 e. The third-order valence-corrected chi connectivity index (χ3v) is 7.11. The first-order chi connectivity index (χ1) is 17.3. The number of imide groups is 1. The van der Waals surface area contributed by atoms with Crippen molar-refractivity contribution < 1.29 is 19.1 Å². The Labute approximate surface area is 209 Å². The van der Waals surface area contributed by atoms with E-state index in [0.717, 1.165) is 29.7 Å². The Balaban J connectivity index is 1.34. The number of ether oxygens (including phenoxy) is 1. The van der Waals surface area contributed by atoms with Crippen molar-refractivity contribution in [3.63, 3.8) is 0 Å². The van der Waals surface area contributed by atoms with Gasteiger partial charge in [0.2, 0.25) is 5.91 Å². The molecule has 1 aliphatic carbocycles. The van der Waals surface area contributed by atoms with Crippen molar-refractivity contribution >= 4 is 23.7 Å². The highest BCUT2D eigenvalue weighted by Gasteiger charge is 2.49. The fourth-order valence-electron chi connectivity index (χ4n) is 5.10. The van der Waals surface area contributed by atoms with Crippen LogP contribution in [-0.2, 0) is 21.5 Å². The van der Waals surface area contributed by atoms with Gasteiger partial charge in [0, 0.05) is 5.56 Å². The number of nitrogens with one attached hydrogen (secondary N) is 2. The summed E-state index contributed by atoms with van der Waals surface area (Å²) in [6, 6.07) is 14.6. The monoisotopic (exact) mass is 487 g/mol. The van der Waals surface area contributed by atoms with Crippen molar-refractivity contribution in [3.05, 3.63) is 77.0 Å². The third-order valence-electron chi connectivity index (χ3n) is 7.11. The molecule has 2 heterocycles. The minimum absolute atomic E-state index is 0.00836. The molecule has 2 N–H and O–H groups in total. The molecule has 4 amide bonds. The molecular weight excluding hydrogens is 458 g/mol. The van der Waals surface area contributed by atoms with Crippen LogP contribution < -0.4 is 15.4 Å². The Morgan fingerprint density at radius 1 is 1.19 bits per heavy atom. The van der Waals surface area contributed by atoms with Crippen LogP contribution in [0.4, 0.5) is 10.6 Å². The second-order valence-electron chi connectivity index (χ2n) is 9.45. The number of carbonyl (C=O) groups excluding carboxylic acids is 3. The van der Waals surface area contributed by atoms with Crippen molar-refractivity contribution in [3.8, 4) is 5.75 Å². The zero-order chi connectivity index (χ0) is 25.4. The molecule has 2 atom stereocenters. The summed E-state index contributed by atoms with van der Waals surface area (Å²) in [6.45, 7) is 3.11. The molecule has 1 aromatic heterocycles. The predicted molar refractivity (Wildman–Crippen MR) is 134 cm³/mol. The van der Waals surface area contributed by atoms with Crippen molar-refractivity contribution in [2.45, 2.75) is 44.7 Å². The molecular formula is C27H29N5O4. The Hall–Kier alpha value is -4.14. The zero-order valence-corrected chi connectivity index (χ0v) is 20.6. The summed E-state index contributed by atoms with van der Waals surface area (Å²) in [7, 11) is 1.56. The molecule has 186 valence electrons. The van der Waals surface area contributed by atoms with E-state index >= 15 is 0 Å². The van der Waals surface area contributed by atoms with Crippen LogP contribution in [0.2, 0.25) is 0 Å². The van der Waals surface area contributed by atoms with Gasteiger partial charge in [0.15, 0.2) is 0 Å². The molecule has 0 spiro atoms. The summed E-state index contributed by atoms with van der Waals surface area (Å²) in [6.07, 6.45) is 4.68. The SMILES string of the molecule is COc1ccc(C2(C)NC(=O)N(CC(=O)Nc3c(C)cnn3C3CCCc4ccccc43)C2=O)cc1. The number of methoxy groups -OCH3 is 1. The van der Waals surface area contributed by atoms with E-state index in [0.29, 0.717) is 17.1 Å². The predicted octanol–water partition coefficient (Wildman–Crippen LogP) is 3.53. The Morgan fingerprint density at radius 3 is 2.69 bits per heavy atom. The molecule has 0 radical (unpaired) electrons. The van der Waals surface area contributed by atoms with Crippen molar-refractivity contribution in [2.75, 3.05) is 19.0 Å². The first kappa shape index (κ1) is 23.6. The van der Waals surface area contributed by atoms with Gasteiger partial charge in [0.1, 0.15) is 23.7 Å². The van der Waals surface area contributed by atoms with E-state index in [-0.39, 0.29) is 6.04 Å². The van der Waals surface area contributed by atoms with E-state index in [9.17, 15) is 14.4 Å². The molecule has 5 rings (SSSR count). The van der Waals surface area contributed by atoms with Crippen molar-refractivity contribution in [2.24, 2.45) is 0 Å². The number of fused-ring (bicyclic) bond motifs is 1. The van der Waals surface area contributed by atoms with Crippen LogP contribution in [0.15, 0.2) is 54.7 Å². The quantitative estimate of drug-likeness (QED) is 0.518. The van der Waals surface area contributed by atoms with Gasteiger partial charge in [-0.05, 0) is 61.9 Å². The number of anilines is 1. The number of carbonyl (C=O) groups is 3. The number of aromatic nitrogens is 2. The summed E-state index contributed by atoms with van der Waals surface area (Å²) in [4.78, 5) is 40.0. The van der Waals surface area contributed by atoms with E-state index < -0.39 is 29.9 Å². The van der Waals surface area contributed by atoms with E-state index in [1.807, 2.05) is 23.7 Å². The average molecular weight is 488 g/mol. The Bertz CT molecular complexity index is 1330. The van der Waals surface area contributed by atoms with Gasteiger partial charge in [-0.1, -0.05) is 36.4 Å². The lowest BCUT2D eigenvalue weighted by Gasteiger charge is -2.27. The van der Waals surface area contributed by atoms with E-state index in [2.05, 4.69) is 27.9 Å². The van der Waals surface area contributed by atoms with E-state index in [1.54, 1.807) is 44.5 Å². The number of hydrogen-bond donors (Lipinski definition) is 2. The molecule has 0 saturated carbocycles. The summed E-state index contributed by atoms with van der Waals surface area (Å²) in [5.41, 5.74) is 2.64. The first-order valence-electron chi connectivity index (χ1n) is 12.0. The number of benzene rings is 2. The average Bonchev–Trinajstić information content (AvgIpc) is 3.35. The molecule has 9 nitrogen and oxygen atoms in total. The smallest absolute Gasteiger partial charge is 0.325 e. The summed E-state index contributed by atoms with van der Waals surface area (Å²) in [5, 5.41) is 10.2. The van der Waals surface area contributed by atoms with Crippen LogP contribution in [0, 0.1) is 6.92 Å². The Morgan fingerprint density at radius 2 is 1.94 bits per heavy atom. The Kier molecular flexibility index (Phi) is 5.99. The van der Waals surface area contributed by atoms with Crippen molar-refractivity contribution in [1.29, 1.82) is 0 Å². The molecule has 2 aliphatic rings. The lowest BCUT2D eigenvalue weighted by atomic mass is 9.88. The van der Waals surface area contributed by atoms with E-state index in [4.69, 9.17) is 4.74 Å². The lowest BCUT2D eigenvalue weighted by molar-refractivity contribution is -0.133. The second kappa shape index (κ2) is 9.14. The number of urea groups is 1. The van der Waals surface area contributed by atoms with Gasteiger partial charge in [-0.15, -0.1) is 0 Å². The second-order valence-corrected chi connectivity index (χ2v) is 9.45. The molecule has 0 bridgehead atoms. The summed E-state index contributed by atoms with van der Waals surface area (Å²) < 4.78 is 7.02. The van der Waals surface area contributed by atoms with Gasteiger partial charge in [-0.25, -0.2) is 9.48 Å². The molecule has 1 aliphatic heterocycles. The number of amides is 4. The van der Waals surface area contributed by atoms with Gasteiger partial charge in [-0.2, -0.15) is 5.10 Å². The van der Waals surface area contributed by atoms with Crippen LogP contribution >= 0.6 is 0 Å². The zero-order valence-electron chi connectivity index (χ0n) is 20.6. The van der Waals surface area contributed by atoms with Crippen LogP contribution in [0.3, 0.4) is 0 Å². The first-order valence-corrected chi connectivity index (χ1v) is 12.0. The summed E-state index contributed by atoms with van der Waals surface area (Å²) in [5.74, 6) is 0.264. The molecule has 9 heteroatoms. The maximum atomic E-state index is 13.3. The lowest BCUT2D eigenvalue weighted by Crippen LogP contribution is -2.42. The molecule has 2 unspecified atom stereocenters. The highest BCUT2D eigenvalue weighted by Crippen LogP contribution is 2.35. The number of rotatable bonds is 6. The number of aryl methyl sites for hydroxylation is 2. The summed E-state index contributed by atoms with van der Waals surface area (Å²) >= 11 is 0. The third kappa shape index (κ3) is 4.00. The van der Waals surface area contributed by atoms with Crippen LogP contribution in [-0.4, -0.2) is 46.2 Å². The minimum Gasteiger partial charge on any atom is -0.497 e. The van der Waals surface area contributed by atoms with Gasteiger partial charge in [-0.3, -0.25) is 14.5 Å². The van der Waals surface area contributed by atoms with Gasteiger partial charge >= 0.3 is 6.03 Å². The standard InChI is InChI=1S/C27H29N5O4/c1-17-15-28-32(22-10-6-8-18-7-4-5-9-21(18)22)24(17)29-23(33)16-31-25(34)27(2,30-26(31)35)19-11-13-20(36-3)14-12-19/h4-5,7,9,11-15,22H,6,8,10,16H2,1-3H3,(H,29,33)(H,30,35). The van der Waals surface area contributed by atoms with Gasteiger partial charge in [0.05, 0.1) is 19.3 Å². The van der Waals surface area contributed by atoms with Crippen LogP contribution in [0.25, 0.3) is 0 Å². The topological polar surface area (TPSA) is 106 Å². The van der Waals surface area contributed by atoms with Crippen LogP contribution in [0.1, 0.15) is 48.1 Å².